The van der Waals surface area contributed by atoms with Gasteiger partial charge < -0.3 is 25.0 Å². The molecule has 42 heavy (non-hydrogen) atoms. The quantitative estimate of drug-likeness (QED) is 0.356. The number of benzene rings is 3. The number of rotatable bonds is 8. The molecule has 0 unspecified atom stereocenters. The average Bonchev–Trinajstić information content (AvgIpc) is 2.96. The SMILES string of the molecule is C[C@@H]1CN([C@@H](C)CO)C(=O)c2cc(NS(=O)(=O)c3ccc(F)cc3)ccc2O[C@H]1CN(C)C(=O)Nc1ccc(F)cc1. The van der Waals surface area contributed by atoms with E-state index in [1.807, 2.05) is 6.92 Å². The summed E-state index contributed by atoms with van der Waals surface area (Å²) in [5.41, 5.74) is 0.548. The highest BCUT2D eigenvalue weighted by molar-refractivity contribution is 7.92. The van der Waals surface area contributed by atoms with E-state index in [1.165, 1.54) is 52.3 Å². The van der Waals surface area contributed by atoms with Gasteiger partial charge in [-0.2, -0.15) is 0 Å². The molecule has 3 atom stereocenters. The predicted molar refractivity (Wildman–Crippen MR) is 153 cm³/mol. The Morgan fingerprint density at radius 1 is 1.07 bits per heavy atom. The van der Waals surface area contributed by atoms with Crippen molar-refractivity contribution in [2.45, 2.75) is 30.9 Å². The van der Waals surface area contributed by atoms with E-state index in [0.29, 0.717) is 5.69 Å². The molecule has 3 aromatic rings. The molecule has 1 aliphatic heterocycles. The lowest BCUT2D eigenvalue weighted by molar-refractivity contribution is 0.0371. The molecular weight excluding hydrogens is 570 g/mol. The van der Waals surface area contributed by atoms with Crippen LogP contribution in [0.2, 0.25) is 0 Å². The van der Waals surface area contributed by atoms with E-state index in [-0.39, 0.29) is 47.5 Å². The largest absolute Gasteiger partial charge is 0.487 e. The number of nitrogens with zero attached hydrogens (tertiary/aromatic N) is 2. The second-order valence-electron chi connectivity index (χ2n) is 10.2. The Kier molecular flexibility index (Phi) is 9.32. The highest BCUT2D eigenvalue weighted by Gasteiger charge is 2.34. The van der Waals surface area contributed by atoms with Crippen molar-refractivity contribution in [1.82, 2.24) is 9.80 Å². The fourth-order valence-corrected chi connectivity index (χ4v) is 5.49. The smallest absolute Gasteiger partial charge is 0.321 e. The van der Waals surface area contributed by atoms with Crippen LogP contribution in [0.25, 0.3) is 0 Å². The van der Waals surface area contributed by atoms with Gasteiger partial charge in [0.05, 0.1) is 29.7 Å². The molecular formula is C29H32F2N4O6S. The summed E-state index contributed by atoms with van der Waals surface area (Å²) in [6.07, 6.45) is -0.601. The van der Waals surface area contributed by atoms with Gasteiger partial charge in [-0.15, -0.1) is 0 Å². The van der Waals surface area contributed by atoms with Crippen LogP contribution in [0.15, 0.2) is 71.6 Å². The average molecular weight is 603 g/mol. The zero-order valence-corrected chi connectivity index (χ0v) is 24.1. The standard InChI is InChI=1S/C29H32F2N4O6S/c1-18-15-35(19(2)17-36)28(37)25-14-23(33-42(39,40)24-11-6-21(31)7-12-24)10-13-26(25)41-27(18)16-34(3)29(38)32-22-8-4-20(30)5-9-22/h4-14,18-19,27,33,36H,15-17H2,1-3H3,(H,32,38)/t18-,19+,27+/m1/s1. The van der Waals surface area contributed by atoms with Gasteiger partial charge in [0, 0.05) is 30.9 Å². The van der Waals surface area contributed by atoms with Gasteiger partial charge in [-0.1, -0.05) is 6.92 Å². The van der Waals surface area contributed by atoms with E-state index in [4.69, 9.17) is 4.74 Å². The Labute approximate surface area is 242 Å². The van der Waals surface area contributed by atoms with Crippen molar-refractivity contribution in [1.29, 1.82) is 0 Å². The summed E-state index contributed by atoms with van der Waals surface area (Å²) in [5, 5.41) is 12.6. The van der Waals surface area contributed by atoms with Crippen molar-refractivity contribution >= 4 is 33.3 Å². The van der Waals surface area contributed by atoms with E-state index >= 15 is 0 Å². The highest BCUT2D eigenvalue weighted by atomic mass is 32.2. The molecule has 224 valence electrons. The molecule has 4 rings (SSSR count). The molecule has 0 bridgehead atoms. The first-order valence-electron chi connectivity index (χ1n) is 13.2. The molecule has 3 aromatic carbocycles. The molecule has 0 aliphatic carbocycles. The summed E-state index contributed by atoms with van der Waals surface area (Å²) in [6.45, 7) is 3.53. The summed E-state index contributed by atoms with van der Waals surface area (Å²) < 4.78 is 60.9. The van der Waals surface area contributed by atoms with Crippen LogP contribution in [-0.4, -0.2) is 74.2 Å². The summed E-state index contributed by atoms with van der Waals surface area (Å²) in [4.78, 5) is 29.2. The molecule has 0 aromatic heterocycles. The number of amides is 3. The minimum atomic E-state index is -4.09. The van der Waals surface area contributed by atoms with Gasteiger partial charge in [0.1, 0.15) is 23.5 Å². The topological polar surface area (TPSA) is 128 Å². The molecule has 0 fully saturated rings. The lowest BCUT2D eigenvalue weighted by atomic mass is 9.99. The summed E-state index contributed by atoms with van der Waals surface area (Å²) >= 11 is 0. The van der Waals surface area contributed by atoms with Gasteiger partial charge in [-0.05, 0) is 73.7 Å². The number of carbonyl (C=O) groups excluding carboxylic acids is 2. The van der Waals surface area contributed by atoms with Gasteiger partial charge >= 0.3 is 6.03 Å². The monoisotopic (exact) mass is 602 g/mol. The molecule has 0 radical (unpaired) electrons. The Balaban J connectivity index is 1.61. The zero-order chi connectivity index (χ0) is 30.6. The molecule has 0 spiro atoms. The minimum absolute atomic E-state index is 0.0601. The van der Waals surface area contributed by atoms with Gasteiger partial charge in [0.25, 0.3) is 15.9 Å². The van der Waals surface area contributed by atoms with Crippen molar-refractivity contribution < 1.29 is 36.6 Å². The summed E-state index contributed by atoms with van der Waals surface area (Å²) in [7, 11) is -2.52. The number of anilines is 2. The molecule has 3 N–H and O–H groups in total. The number of nitrogens with one attached hydrogen (secondary N) is 2. The van der Waals surface area contributed by atoms with Crippen molar-refractivity contribution in [3.8, 4) is 5.75 Å². The highest BCUT2D eigenvalue weighted by Crippen LogP contribution is 2.31. The maximum absolute atomic E-state index is 13.6. The second kappa shape index (κ2) is 12.7. The number of hydrogen-bond donors (Lipinski definition) is 3. The van der Waals surface area contributed by atoms with Crippen molar-refractivity contribution in [2.75, 3.05) is 36.8 Å². The lowest BCUT2D eigenvalue weighted by Gasteiger charge is -2.38. The Morgan fingerprint density at radius 3 is 2.29 bits per heavy atom. The predicted octanol–water partition coefficient (Wildman–Crippen LogP) is 4.15. The number of sulfonamides is 1. The Hall–Kier alpha value is -4.23. The van der Waals surface area contributed by atoms with Crippen LogP contribution >= 0.6 is 0 Å². The van der Waals surface area contributed by atoms with E-state index in [2.05, 4.69) is 10.0 Å². The number of urea groups is 1. The van der Waals surface area contributed by atoms with E-state index in [0.717, 1.165) is 24.3 Å². The van der Waals surface area contributed by atoms with Crippen LogP contribution in [0.5, 0.6) is 5.75 Å². The lowest BCUT2D eigenvalue weighted by Crippen LogP contribution is -2.50. The van der Waals surface area contributed by atoms with Crippen molar-refractivity contribution in [3.63, 3.8) is 0 Å². The van der Waals surface area contributed by atoms with Gasteiger partial charge in [-0.3, -0.25) is 9.52 Å². The van der Waals surface area contributed by atoms with Gasteiger partial charge in [0.2, 0.25) is 0 Å². The van der Waals surface area contributed by atoms with Crippen LogP contribution < -0.4 is 14.8 Å². The first-order valence-corrected chi connectivity index (χ1v) is 14.6. The van der Waals surface area contributed by atoms with E-state index in [1.54, 1.807) is 14.0 Å². The number of carbonyl (C=O) groups is 2. The van der Waals surface area contributed by atoms with E-state index in [9.17, 15) is 31.9 Å². The molecule has 0 saturated heterocycles. The van der Waals surface area contributed by atoms with E-state index < -0.39 is 45.7 Å². The summed E-state index contributed by atoms with van der Waals surface area (Å²) in [5.74, 6) is -1.60. The number of hydrogen-bond acceptors (Lipinski definition) is 6. The first-order chi connectivity index (χ1) is 19.9. The van der Waals surface area contributed by atoms with Crippen LogP contribution in [0.4, 0.5) is 25.0 Å². The fraction of sp³-hybridized carbons (Fsp3) is 0.310. The number of aliphatic hydroxyl groups is 1. The molecule has 13 heteroatoms. The number of fused-ring (bicyclic) bond motifs is 1. The Morgan fingerprint density at radius 2 is 1.67 bits per heavy atom. The van der Waals surface area contributed by atoms with Gasteiger partial charge in [-0.25, -0.2) is 22.0 Å². The third kappa shape index (κ3) is 7.15. The summed E-state index contributed by atoms with van der Waals surface area (Å²) in [6, 6.07) is 12.9. The Bertz CT molecular complexity index is 1540. The van der Waals surface area contributed by atoms with Crippen molar-refractivity contribution in [2.24, 2.45) is 5.92 Å². The number of halogens is 2. The first kappa shape index (κ1) is 30.7. The molecule has 1 heterocycles. The van der Waals surface area contributed by atoms with Crippen molar-refractivity contribution in [3.05, 3.63) is 83.9 Å². The number of likely N-dealkylation sites (N-methyl/N-ethyl adjacent to an activating group) is 1. The van der Waals surface area contributed by atoms with Crippen LogP contribution in [0.1, 0.15) is 24.2 Å². The van der Waals surface area contributed by atoms with Crippen LogP contribution in [0.3, 0.4) is 0 Å². The molecule has 3 amide bonds. The zero-order valence-electron chi connectivity index (χ0n) is 23.3. The minimum Gasteiger partial charge on any atom is -0.487 e. The van der Waals surface area contributed by atoms with Gasteiger partial charge in [0.15, 0.2) is 0 Å². The number of aliphatic hydroxyl groups excluding tert-OH is 1. The molecule has 1 aliphatic rings. The van der Waals surface area contributed by atoms with Crippen LogP contribution in [-0.2, 0) is 10.0 Å². The second-order valence-corrected chi connectivity index (χ2v) is 11.9. The fourth-order valence-electron chi connectivity index (χ4n) is 4.44. The maximum Gasteiger partial charge on any atom is 0.321 e. The maximum atomic E-state index is 13.6. The van der Waals surface area contributed by atoms with Crippen LogP contribution in [0, 0.1) is 17.6 Å². The molecule has 10 nitrogen and oxygen atoms in total. The molecule has 0 saturated carbocycles. The number of ether oxygens (including phenoxy) is 1. The normalized spacial score (nSPS) is 17.8. The third-order valence-electron chi connectivity index (χ3n) is 6.94. The third-order valence-corrected chi connectivity index (χ3v) is 8.33.